The van der Waals surface area contributed by atoms with Crippen LogP contribution in [0.15, 0.2) is 0 Å². The van der Waals surface area contributed by atoms with E-state index in [1.54, 1.807) is 0 Å². The number of hydrogen-bond acceptors (Lipinski definition) is 3. The van der Waals surface area contributed by atoms with Crippen LogP contribution in [0.1, 0.15) is 47.0 Å². The minimum atomic E-state index is -0.264. The molecule has 0 bridgehead atoms. The van der Waals surface area contributed by atoms with Gasteiger partial charge in [0.25, 0.3) is 0 Å². The number of aliphatic hydroxyl groups excluding tert-OH is 1. The molecule has 3 nitrogen and oxygen atoms in total. The van der Waals surface area contributed by atoms with E-state index in [0.717, 1.165) is 25.8 Å². The van der Waals surface area contributed by atoms with Crippen molar-refractivity contribution >= 4 is 0 Å². The Kier molecular flexibility index (Phi) is 7.36. The van der Waals surface area contributed by atoms with Crippen molar-refractivity contribution in [1.29, 1.82) is 5.26 Å². The van der Waals surface area contributed by atoms with Gasteiger partial charge in [-0.05, 0) is 33.1 Å². The average Bonchev–Trinajstić information content (AvgIpc) is 2.27. The van der Waals surface area contributed by atoms with Crippen LogP contribution in [0.5, 0.6) is 0 Å². The van der Waals surface area contributed by atoms with Crippen molar-refractivity contribution in [2.75, 3.05) is 19.7 Å². The Bertz CT molecular complexity index is 216. The SMILES string of the molecule is CCC(CC)N(CCO)CCC(C)(C)C#N. The summed E-state index contributed by atoms with van der Waals surface area (Å²) in [7, 11) is 0. The molecule has 0 amide bonds. The molecule has 0 radical (unpaired) electrons. The van der Waals surface area contributed by atoms with Crippen molar-refractivity contribution < 1.29 is 5.11 Å². The molecule has 16 heavy (non-hydrogen) atoms. The number of aliphatic hydroxyl groups is 1. The zero-order valence-corrected chi connectivity index (χ0v) is 11.2. The monoisotopic (exact) mass is 226 g/mol. The van der Waals surface area contributed by atoms with Gasteiger partial charge in [-0.15, -0.1) is 0 Å². The van der Waals surface area contributed by atoms with Crippen LogP contribution < -0.4 is 0 Å². The maximum absolute atomic E-state index is 9.06. The Hall–Kier alpha value is -0.590. The number of nitrogens with zero attached hydrogens (tertiary/aromatic N) is 2. The fraction of sp³-hybridized carbons (Fsp3) is 0.923. The highest BCUT2D eigenvalue weighted by atomic mass is 16.3. The van der Waals surface area contributed by atoms with Gasteiger partial charge in [0.1, 0.15) is 0 Å². The first-order chi connectivity index (χ1) is 7.50. The summed E-state index contributed by atoms with van der Waals surface area (Å²) in [6, 6.07) is 2.85. The van der Waals surface area contributed by atoms with Crippen LogP contribution in [0.4, 0.5) is 0 Å². The minimum Gasteiger partial charge on any atom is -0.395 e. The summed E-state index contributed by atoms with van der Waals surface area (Å²) in [5, 5.41) is 18.0. The Labute approximate surface area is 100 Å². The smallest absolute Gasteiger partial charge is 0.0684 e. The molecule has 0 aromatic rings. The van der Waals surface area contributed by atoms with E-state index in [2.05, 4.69) is 24.8 Å². The molecule has 3 heteroatoms. The molecule has 0 aromatic heterocycles. The fourth-order valence-electron chi connectivity index (χ4n) is 1.89. The molecule has 0 aromatic carbocycles. The summed E-state index contributed by atoms with van der Waals surface area (Å²) in [4.78, 5) is 2.30. The van der Waals surface area contributed by atoms with Gasteiger partial charge >= 0.3 is 0 Å². The van der Waals surface area contributed by atoms with Crippen LogP contribution in [0, 0.1) is 16.7 Å². The Balaban J connectivity index is 4.29. The zero-order chi connectivity index (χ0) is 12.6. The molecule has 0 fully saturated rings. The summed E-state index contributed by atoms with van der Waals surface area (Å²) >= 11 is 0. The molecule has 1 N–H and O–H groups in total. The molecule has 0 rings (SSSR count). The molecule has 0 aliphatic heterocycles. The van der Waals surface area contributed by atoms with Crippen molar-refractivity contribution in [3.05, 3.63) is 0 Å². The second kappa shape index (κ2) is 7.65. The Morgan fingerprint density at radius 2 is 1.81 bits per heavy atom. The highest BCUT2D eigenvalue weighted by Crippen LogP contribution is 2.20. The zero-order valence-electron chi connectivity index (χ0n) is 11.2. The van der Waals surface area contributed by atoms with Crippen LogP contribution in [0.3, 0.4) is 0 Å². The molecule has 0 saturated heterocycles. The van der Waals surface area contributed by atoms with E-state index in [9.17, 15) is 0 Å². The topological polar surface area (TPSA) is 47.3 Å². The van der Waals surface area contributed by atoms with Crippen LogP contribution in [-0.2, 0) is 0 Å². The van der Waals surface area contributed by atoms with Gasteiger partial charge in [-0.2, -0.15) is 5.26 Å². The molecule has 0 aliphatic rings. The largest absolute Gasteiger partial charge is 0.395 e. The Morgan fingerprint density at radius 3 is 2.19 bits per heavy atom. The first-order valence-electron chi connectivity index (χ1n) is 6.26. The standard InChI is InChI=1S/C13H26N2O/c1-5-12(6-2)15(9-10-16)8-7-13(3,4)11-14/h12,16H,5-10H2,1-4H3. The highest BCUT2D eigenvalue weighted by Gasteiger charge is 2.21. The van der Waals surface area contributed by atoms with E-state index in [1.165, 1.54) is 0 Å². The van der Waals surface area contributed by atoms with E-state index >= 15 is 0 Å². The quantitative estimate of drug-likeness (QED) is 0.691. The summed E-state index contributed by atoms with van der Waals surface area (Å²) in [5.41, 5.74) is -0.264. The predicted molar refractivity (Wildman–Crippen MR) is 67.0 cm³/mol. The van der Waals surface area contributed by atoms with E-state index in [0.29, 0.717) is 12.6 Å². The third-order valence-electron chi connectivity index (χ3n) is 3.17. The summed E-state index contributed by atoms with van der Waals surface area (Å²) in [5.74, 6) is 0. The van der Waals surface area contributed by atoms with E-state index in [-0.39, 0.29) is 12.0 Å². The molecule has 0 spiro atoms. The maximum Gasteiger partial charge on any atom is 0.0684 e. The number of nitriles is 1. The lowest BCUT2D eigenvalue weighted by atomic mass is 9.91. The van der Waals surface area contributed by atoms with Crippen molar-refractivity contribution in [1.82, 2.24) is 4.90 Å². The lowest BCUT2D eigenvalue weighted by Crippen LogP contribution is -2.38. The first-order valence-corrected chi connectivity index (χ1v) is 6.26. The van der Waals surface area contributed by atoms with Crippen LogP contribution in [-0.4, -0.2) is 35.7 Å². The number of rotatable bonds is 8. The predicted octanol–water partition coefficient (Wildman–Crippen LogP) is 2.41. The summed E-state index contributed by atoms with van der Waals surface area (Å²) in [6.07, 6.45) is 3.06. The van der Waals surface area contributed by atoms with Gasteiger partial charge in [0.2, 0.25) is 0 Å². The normalized spacial score (nSPS) is 12.1. The van der Waals surface area contributed by atoms with Crippen molar-refractivity contribution in [2.24, 2.45) is 5.41 Å². The van der Waals surface area contributed by atoms with Crippen molar-refractivity contribution in [3.8, 4) is 6.07 Å². The molecular formula is C13H26N2O. The lowest BCUT2D eigenvalue weighted by molar-refractivity contribution is 0.132. The van der Waals surface area contributed by atoms with Gasteiger partial charge in [-0.25, -0.2) is 0 Å². The highest BCUT2D eigenvalue weighted by molar-refractivity contribution is 4.92. The average molecular weight is 226 g/mol. The van der Waals surface area contributed by atoms with Crippen LogP contribution in [0.2, 0.25) is 0 Å². The molecule has 0 saturated carbocycles. The van der Waals surface area contributed by atoms with Gasteiger partial charge in [0.15, 0.2) is 0 Å². The molecule has 0 atom stereocenters. The first kappa shape index (κ1) is 15.4. The third kappa shape index (κ3) is 5.48. The third-order valence-corrected chi connectivity index (χ3v) is 3.17. The summed E-state index contributed by atoms with van der Waals surface area (Å²) < 4.78 is 0. The van der Waals surface area contributed by atoms with Gasteiger partial charge in [-0.1, -0.05) is 13.8 Å². The van der Waals surface area contributed by atoms with Crippen LogP contribution >= 0.6 is 0 Å². The van der Waals surface area contributed by atoms with Gasteiger partial charge in [0, 0.05) is 19.1 Å². The maximum atomic E-state index is 9.06. The minimum absolute atomic E-state index is 0.198. The van der Waals surface area contributed by atoms with E-state index < -0.39 is 0 Å². The molecule has 94 valence electrons. The van der Waals surface area contributed by atoms with E-state index in [1.807, 2.05) is 13.8 Å². The fourth-order valence-corrected chi connectivity index (χ4v) is 1.89. The van der Waals surface area contributed by atoms with E-state index in [4.69, 9.17) is 10.4 Å². The summed E-state index contributed by atoms with van der Waals surface area (Å²) in [6.45, 7) is 10.1. The molecular weight excluding hydrogens is 200 g/mol. The molecule has 0 aliphatic carbocycles. The van der Waals surface area contributed by atoms with Crippen molar-refractivity contribution in [2.45, 2.75) is 53.0 Å². The number of hydrogen-bond donors (Lipinski definition) is 1. The second-order valence-electron chi connectivity index (χ2n) is 4.98. The van der Waals surface area contributed by atoms with Gasteiger partial charge in [0.05, 0.1) is 18.1 Å². The van der Waals surface area contributed by atoms with Gasteiger partial charge < -0.3 is 5.11 Å². The van der Waals surface area contributed by atoms with Crippen molar-refractivity contribution in [3.63, 3.8) is 0 Å². The van der Waals surface area contributed by atoms with Crippen LogP contribution in [0.25, 0.3) is 0 Å². The molecule has 0 heterocycles. The molecule has 0 unspecified atom stereocenters. The Morgan fingerprint density at radius 1 is 1.25 bits per heavy atom. The lowest BCUT2D eigenvalue weighted by Gasteiger charge is -2.31. The second-order valence-corrected chi connectivity index (χ2v) is 4.98. The van der Waals surface area contributed by atoms with Gasteiger partial charge in [-0.3, -0.25) is 4.90 Å².